The molecule has 112 valence electrons. The second kappa shape index (κ2) is 5.65. The Morgan fingerprint density at radius 2 is 1.65 bits per heavy atom. The van der Waals surface area contributed by atoms with Crippen LogP contribution in [0.4, 0.5) is 0 Å². The average Bonchev–Trinajstić information content (AvgIpc) is 3.04. The molecule has 4 nitrogen and oxygen atoms in total. The van der Waals surface area contributed by atoms with Gasteiger partial charge in [0.1, 0.15) is 5.69 Å². The zero-order valence-corrected chi connectivity index (χ0v) is 13.3. The van der Waals surface area contributed by atoms with E-state index < -0.39 is 0 Å². The third kappa shape index (κ3) is 2.67. The monoisotopic (exact) mass is 340 g/mol. The van der Waals surface area contributed by atoms with Crippen molar-refractivity contribution in [1.29, 1.82) is 0 Å². The second-order valence-corrected chi connectivity index (χ2v) is 5.92. The zero-order chi connectivity index (χ0) is 15.8. The van der Waals surface area contributed by atoms with E-state index >= 15 is 0 Å². The Morgan fingerprint density at radius 3 is 2.48 bits per heavy atom. The lowest BCUT2D eigenvalue weighted by Crippen LogP contribution is -1.93. The number of hydrogen-bond acceptors (Lipinski definition) is 3. The predicted molar refractivity (Wildman–Crippen MR) is 92.1 cm³/mol. The highest BCUT2D eigenvalue weighted by atomic mass is 35.5. The van der Waals surface area contributed by atoms with Gasteiger partial charge in [0.2, 0.25) is 0 Å². The van der Waals surface area contributed by atoms with Gasteiger partial charge >= 0.3 is 0 Å². The van der Waals surface area contributed by atoms with Crippen molar-refractivity contribution < 1.29 is 0 Å². The van der Waals surface area contributed by atoms with Gasteiger partial charge in [0, 0.05) is 27.2 Å². The Balaban J connectivity index is 1.82. The first-order chi connectivity index (χ1) is 11.2. The summed E-state index contributed by atoms with van der Waals surface area (Å²) in [5.74, 6) is 0. The maximum Gasteiger partial charge on any atom is 0.114 e. The standard InChI is InChI=1S/C17H10Cl2N4/c18-11-1-4-13(5-2-11)23-10-17(21-22-23)15-7-8-20-16-9-12(19)3-6-14(15)16/h1-10H. The van der Waals surface area contributed by atoms with Gasteiger partial charge in [-0.25, -0.2) is 4.68 Å². The molecule has 0 radical (unpaired) electrons. The molecule has 0 aliphatic carbocycles. The van der Waals surface area contributed by atoms with Crippen molar-refractivity contribution in [2.45, 2.75) is 0 Å². The summed E-state index contributed by atoms with van der Waals surface area (Å²) in [6, 6.07) is 15.0. The minimum Gasteiger partial charge on any atom is -0.256 e. The lowest BCUT2D eigenvalue weighted by molar-refractivity contribution is 0.804. The van der Waals surface area contributed by atoms with E-state index in [0.717, 1.165) is 27.8 Å². The first-order valence-electron chi connectivity index (χ1n) is 6.94. The maximum atomic E-state index is 6.03. The third-order valence-corrected chi connectivity index (χ3v) is 4.05. The molecule has 0 spiro atoms. The molecule has 0 bridgehead atoms. The molecule has 0 saturated heterocycles. The molecule has 2 heterocycles. The molecule has 0 saturated carbocycles. The van der Waals surface area contributed by atoms with Crippen LogP contribution in [0.1, 0.15) is 0 Å². The molecule has 0 fully saturated rings. The normalized spacial score (nSPS) is 11.0. The molecule has 6 heteroatoms. The van der Waals surface area contributed by atoms with Crippen LogP contribution >= 0.6 is 23.2 Å². The number of benzene rings is 2. The molecule has 0 amide bonds. The largest absolute Gasteiger partial charge is 0.256 e. The third-order valence-electron chi connectivity index (χ3n) is 3.57. The van der Waals surface area contributed by atoms with E-state index in [-0.39, 0.29) is 0 Å². The molecule has 4 rings (SSSR count). The summed E-state index contributed by atoms with van der Waals surface area (Å²) in [5.41, 5.74) is 3.46. The summed E-state index contributed by atoms with van der Waals surface area (Å²) in [7, 11) is 0. The second-order valence-electron chi connectivity index (χ2n) is 5.04. The number of nitrogens with zero attached hydrogens (tertiary/aromatic N) is 4. The predicted octanol–water partition coefficient (Wildman–Crippen LogP) is 4.79. The van der Waals surface area contributed by atoms with Gasteiger partial charge in [-0.2, -0.15) is 0 Å². The van der Waals surface area contributed by atoms with Crippen LogP contribution in [0.15, 0.2) is 60.9 Å². The Labute approximate surface area is 142 Å². The number of aromatic nitrogens is 4. The highest BCUT2D eigenvalue weighted by Crippen LogP contribution is 2.28. The van der Waals surface area contributed by atoms with E-state index in [0.29, 0.717) is 10.0 Å². The maximum absolute atomic E-state index is 6.03. The molecule has 4 aromatic rings. The summed E-state index contributed by atoms with van der Waals surface area (Å²) in [4.78, 5) is 4.35. The van der Waals surface area contributed by atoms with Crippen LogP contribution in [0.3, 0.4) is 0 Å². The minimum absolute atomic E-state index is 0.659. The van der Waals surface area contributed by atoms with E-state index in [2.05, 4.69) is 15.3 Å². The van der Waals surface area contributed by atoms with E-state index in [1.807, 2.05) is 54.7 Å². The molecule has 0 N–H and O–H groups in total. The fraction of sp³-hybridized carbons (Fsp3) is 0. The van der Waals surface area contributed by atoms with Crippen LogP contribution in [0.5, 0.6) is 0 Å². The van der Waals surface area contributed by atoms with E-state index in [9.17, 15) is 0 Å². The topological polar surface area (TPSA) is 43.6 Å². The van der Waals surface area contributed by atoms with Crippen molar-refractivity contribution in [3.63, 3.8) is 0 Å². The van der Waals surface area contributed by atoms with Crippen molar-refractivity contribution in [2.75, 3.05) is 0 Å². The summed E-state index contributed by atoms with van der Waals surface area (Å²) in [6.07, 6.45) is 3.63. The fourth-order valence-corrected chi connectivity index (χ4v) is 2.74. The molecule has 0 aliphatic rings. The van der Waals surface area contributed by atoms with Gasteiger partial charge in [-0.05, 0) is 42.5 Å². The van der Waals surface area contributed by atoms with Crippen LogP contribution in [0.2, 0.25) is 10.0 Å². The molecule has 2 aromatic heterocycles. The Kier molecular flexibility index (Phi) is 3.48. The van der Waals surface area contributed by atoms with Crippen LogP contribution in [0, 0.1) is 0 Å². The van der Waals surface area contributed by atoms with E-state index in [1.165, 1.54) is 0 Å². The molecular weight excluding hydrogens is 331 g/mol. The molecule has 0 unspecified atom stereocenters. The lowest BCUT2D eigenvalue weighted by atomic mass is 10.1. The highest BCUT2D eigenvalue weighted by molar-refractivity contribution is 6.31. The average molecular weight is 341 g/mol. The summed E-state index contributed by atoms with van der Waals surface area (Å²) in [6.45, 7) is 0. The van der Waals surface area contributed by atoms with Crippen LogP contribution in [-0.2, 0) is 0 Å². The SMILES string of the molecule is Clc1ccc(-n2cc(-c3ccnc4cc(Cl)ccc34)nn2)cc1. The smallest absolute Gasteiger partial charge is 0.114 e. The summed E-state index contributed by atoms with van der Waals surface area (Å²) < 4.78 is 1.72. The highest BCUT2D eigenvalue weighted by Gasteiger charge is 2.10. The van der Waals surface area contributed by atoms with Crippen LogP contribution in [-0.4, -0.2) is 20.0 Å². The molecule has 0 aliphatic heterocycles. The molecular formula is C17H10Cl2N4. The fourth-order valence-electron chi connectivity index (χ4n) is 2.45. The van der Waals surface area contributed by atoms with Crippen molar-refractivity contribution in [3.8, 4) is 16.9 Å². The van der Waals surface area contributed by atoms with Gasteiger partial charge in [-0.15, -0.1) is 5.10 Å². The summed E-state index contributed by atoms with van der Waals surface area (Å²) >= 11 is 11.9. The number of fused-ring (bicyclic) bond motifs is 1. The molecule has 2 aromatic carbocycles. The van der Waals surface area contributed by atoms with E-state index in [1.54, 1.807) is 10.9 Å². The Bertz CT molecular complexity index is 993. The first kappa shape index (κ1) is 14.2. The van der Waals surface area contributed by atoms with Crippen LogP contribution < -0.4 is 0 Å². The van der Waals surface area contributed by atoms with Gasteiger partial charge < -0.3 is 0 Å². The molecule has 23 heavy (non-hydrogen) atoms. The Hall–Kier alpha value is -2.43. The quantitative estimate of drug-likeness (QED) is 0.527. The first-order valence-corrected chi connectivity index (χ1v) is 7.69. The minimum atomic E-state index is 0.659. The van der Waals surface area contributed by atoms with Gasteiger partial charge in [0.15, 0.2) is 0 Å². The van der Waals surface area contributed by atoms with Crippen molar-refractivity contribution in [3.05, 3.63) is 71.0 Å². The number of hydrogen-bond donors (Lipinski definition) is 0. The van der Waals surface area contributed by atoms with E-state index in [4.69, 9.17) is 23.2 Å². The number of rotatable bonds is 2. The number of halogens is 2. The lowest BCUT2D eigenvalue weighted by Gasteiger charge is -2.03. The van der Waals surface area contributed by atoms with Gasteiger partial charge in [0.05, 0.1) is 17.4 Å². The number of pyridine rings is 1. The summed E-state index contributed by atoms with van der Waals surface area (Å²) in [5, 5.41) is 10.8. The van der Waals surface area contributed by atoms with Crippen LogP contribution in [0.25, 0.3) is 27.8 Å². The van der Waals surface area contributed by atoms with Crippen molar-refractivity contribution in [2.24, 2.45) is 0 Å². The zero-order valence-electron chi connectivity index (χ0n) is 11.8. The van der Waals surface area contributed by atoms with Gasteiger partial charge in [-0.1, -0.05) is 34.5 Å². The Morgan fingerprint density at radius 1 is 0.870 bits per heavy atom. The molecule has 0 atom stereocenters. The van der Waals surface area contributed by atoms with Crippen molar-refractivity contribution >= 4 is 34.1 Å². The van der Waals surface area contributed by atoms with Gasteiger partial charge in [-0.3, -0.25) is 4.98 Å². The van der Waals surface area contributed by atoms with Gasteiger partial charge in [0.25, 0.3) is 0 Å². The van der Waals surface area contributed by atoms with Crippen molar-refractivity contribution in [1.82, 2.24) is 20.0 Å².